The third-order valence-electron chi connectivity index (χ3n) is 2.06. The molecule has 1 aromatic rings. The molecule has 0 heterocycles. The Hall–Kier alpha value is -1.62. The fourth-order valence-electron chi connectivity index (χ4n) is 1.22. The Kier molecular flexibility index (Phi) is 4.90. The molecule has 0 aliphatic carbocycles. The number of ketones is 1. The maximum atomic E-state index is 10.7. The Bertz CT molecular complexity index is 433. The average Bonchev–Trinajstić information content (AvgIpc) is 2.25. The molecule has 0 unspecified atom stereocenters. The first kappa shape index (κ1) is 13.4. The molecule has 0 aliphatic rings. The van der Waals surface area contributed by atoms with Crippen LogP contribution in [0, 0.1) is 10.1 Å². The number of carbonyl (C=O) groups excluding carboxylic acids is 1. The molecule has 5 nitrogen and oxygen atoms in total. The van der Waals surface area contributed by atoms with Gasteiger partial charge in [-0.05, 0) is 19.4 Å². The van der Waals surface area contributed by atoms with E-state index in [0.29, 0.717) is 24.5 Å². The highest BCUT2D eigenvalue weighted by Gasteiger charge is 2.10. The van der Waals surface area contributed by atoms with E-state index in [1.807, 2.05) is 0 Å². The lowest BCUT2D eigenvalue weighted by atomic mass is 10.2. The highest BCUT2D eigenvalue weighted by molar-refractivity contribution is 6.32. The number of rotatable bonds is 6. The number of nitrogens with zero attached hydrogens (tertiary/aromatic N) is 1. The van der Waals surface area contributed by atoms with Crippen molar-refractivity contribution in [3.05, 3.63) is 33.3 Å². The molecule has 0 N–H and O–H groups in total. The Balaban J connectivity index is 2.60. The molecule has 1 rings (SSSR count). The minimum absolute atomic E-state index is 0.0732. The number of benzene rings is 1. The van der Waals surface area contributed by atoms with E-state index in [9.17, 15) is 14.9 Å². The number of nitro groups is 1. The first-order chi connectivity index (χ1) is 8.00. The van der Waals surface area contributed by atoms with Gasteiger partial charge in [-0.3, -0.25) is 10.1 Å². The largest absolute Gasteiger partial charge is 0.492 e. The second-order valence-electron chi connectivity index (χ2n) is 3.53. The molecule has 92 valence electrons. The van der Waals surface area contributed by atoms with Crippen LogP contribution in [-0.2, 0) is 4.79 Å². The van der Waals surface area contributed by atoms with Crippen molar-refractivity contribution < 1.29 is 14.5 Å². The van der Waals surface area contributed by atoms with Crippen molar-refractivity contribution in [2.75, 3.05) is 6.61 Å². The van der Waals surface area contributed by atoms with Crippen LogP contribution in [0.5, 0.6) is 5.75 Å². The fourth-order valence-corrected chi connectivity index (χ4v) is 1.39. The number of carbonyl (C=O) groups is 1. The zero-order chi connectivity index (χ0) is 12.8. The molecule has 6 heteroatoms. The van der Waals surface area contributed by atoms with E-state index in [0.717, 1.165) is 0 Å². The molecule has 1 aromatic carbocycles. The van der Waals surface area contributed by atoms with Crippen molar-refractivity contribution in [3.63, 3.8) is 0 Å². The average molecular weight is 258 g/mol. The fraction of sp³-hybridized carbons (Fsp3) is 0.364. The van der Waals surface area contributed by atoms with Gasteiger partial charge in [0.05, 0.1) is 22.6 Å². The van der Waals surface area contributed by atoms with Crippen LogP contribution in [0.25, 0.3) is 0 Å². The summed E-state index contributed by atoms with van der Waals surface area (Å²) < 4.78 is 5.29. The minimum atomic E-state index is -0.515. The number of ether oxygens (including phenoxy) is 1. The minimum Gasteiger partial charge on any atom is -0.492 e. The van der Waals surface area contributed by atoms with E-state index < -0.39 is 4.92 Å². The Morgan fingerprint density at radius 3 is 2.82 bits per heavy atom. The summed E-state index contributed by atoms with van der Waals surface area (Å²) in [6, 6.07) is 4.00. The van der Waals surface area contributed by atoms with Gasteiger partial charge >= 0.3 is 0 Å². The van der Waals surface area contributed by atoms with Gasteiger partial charge in [-0.1, -0.05) is 11.6 Å². The molecule has 17 heavy (non-hydrogen) atoms. The predicted molar refractivity (Wildman–Crippen MR) is 63.5 cm³/mol. The summed E-state index contributed by atoms with van der Waals surface area (Å²) in [6.07, 6.45) is 0.987. The van der Waals surface area contributed by atoms with Gasteiger partial charge in [-0.15, -0.1) is 0 Å². The van der Waals surface area contributed by atoms with Gasteiger partial charge in [-0.2, -0.15) is 0 Å². The molecule has 0 radical (unpaired) electrons. The van der Waals surface area contributed by atoms with Crippen molar-refractivity contribution in [1.29, 1.82) is 0 Å². The van der Waals surface area contributed by atoms with Crippen molar-refractivity contribution >= 4 is 23.1 Å². The Morgan fingerprint density at radius 1 is 1.53 bits per heavy atom. The first-order valence-electron chi connectivity index (χ1n) is 5.07. The van der Waals surface area contributed by atoms with Crippen LogP contribution in [0.15, 0.2) is 18.2 Å². The number of halogens is 1. The molecule has 0 atom stereocenters. The van der Waals surface area contributed by atoms with E-state index >= 15 is 0 Å². The van der Waals surface area contributed by atoms with Gasteiger partial charge in [-0.25, -0.2) is 0 Å². The lowest BCUT2D eigenvalue weighted by Gasteiger charge is -2.06. The second-order valence-corrected chi connectivity index (χ2v) is 3.93. The lowest BCUT2D eigenvalue weighted by Crippen LogP contribution is -2.01. The molecule has 0 amide bonds. The molecule has 0 fully saturated rings. The van der Waals surface area contributed by atoms with Crippen molar-refractivity contribution in [3.8, 4) is 5.75 Å². The molecular formula is C11H12ClNO4. The van der Waals surface area contributed by atoms with Gasteiger partial charge in [0.1, 0.15) is 11.5 Å². The van der Waals surface area contributed by atoms with E-state index in [1.165, 1.54) is 25.1 Å². The zero-order valence-electron chi connectivity index (χ0n) is 9.31. The lowest BCUT2D eigenvalue weighted by molar-refractivity contribution is -0.384. The Labute approximate surface area is 103 Å². The summed E-state index contributed by atoms with van der Waals surface area (Å²) in [5.74, 6) is 0.350. The van der Waals surface area contributed by atoms with Crippen LogP contribution < -0.4 is 4.74 Å². The maximum Gasteiger partial charge on any atom is 0.273 e. The monoisotopic (exact) mass is 257 g/mol. The molecular weight excluding hydrogens is 246 g/mol. The normalized spacial score (nSPS) is 10.0. The number of nitro benzene ring substituents is 1. The van der Waals surface area contributed by atoms with E-state index in [2.05, 4.69) is 0 Å². The number of Topliss-reactive ketones (excluding diaryl/α,β-unsaturated/α-hetero) is 1. The molecule has 0 aromatic heterocycles. The van der Waals surface area contributed by atoms with Crippen LogP contribution in [-0.4, -0.2) is 17.3 Å². The van der Waals surface area contributed by atoms with Crippen molar-refractivity contribution in [2.24, 2.45) is 0 Å². The van der Waals surface area contributed by atoms with Crippen LogP contribution in [0.1, 0.15) is 19.8 Å². The molecule has 0 saturated heterocycles. The highest BCUT2D eigenvalue weighted by Crippen LogP contribution is 2.28. The number of hydrogen-bond acceptors (Lipinski definition) is 4. The number of hydrogen-bond donors (Lipinski definition) is 0. The van der Waals surface area contributed by atoms with Gasteiger partial charge in [0, 0.05) is 12.5 Å². The third-order valence-corrected chi connectivity index (χ3v) is 2.37. The molecule has 0 bridgehead atoms. The summed E-state index contributed by atoms with van der Waals surface area (Å²) in [5, 5.41) is 10.9. The van der Waals surface area contributed by atoms with Crippen LogP contribution >= 0.6 is 11.6 Å². The van der Waals surface area contributed by atoms with Gasteiger partial charge < -0.3 is 9.53 Å². The summed E-state index contributed by atoms with van der Waals surface area (Å²) in [7, 11) is 0. The smallest absolute Gasteiger partial charge is 0.273 e. The molecule has 0 saturated carbocycles. The molecule has 0 aliphatic heterocycles. The SMILES string of the molecule is CC(=O)CCCOc1cc([N+](=O)[O-])ccc1Cl. The van der Waals surface area contributed by atoms with E-state index in [1.54, 1.807) is 0 Å². The number of non-ortho nitro benzene ring substituents is 1. The summed E-state index contributed by atoms with van der Waals surface area (Å²) in [5.41, 5.74) is -0.0732. The maximum absolute atomic E-state index is 10.7. The van der Waals surface area contributed by atoms with Crippen LogP contribution in [0.2, 0.25) is 5.02 Å². The Morgan fingerprint density at radius 2 is 2.24 bits per heavy atom. The second kappa shape index (κ2) is 6.20. The van der Waals surface area contributed by atoms with Crippen molar-refractivity contribution in [1.82, 2.24) is 0 Å². The standard InChI is InChI=1S/C11H12ClNO4/c1-8(14)3-2-6-17-11-7-9(13(15)16)4-5-10(11)12/h4-5,7H,2-3,6H2,1H3. The van der Waals surface area contributed by atoms with Crippen LogP contribution in [0.3, 0.4) is 0 Å². The van der Waals surface area contributed by atoms with Gasteiger partial charge in [0.25, 0.3) is 5.69 Å². The predicted octanol–water partition coefficient (Wildman–Crippen LogP) is 3.00. The van der Waals surface area contributed by atoms with Crippen LogP contribution in [0.4, 0.5) is 5.69 Å². The van der Waals surface area contributed by atoms with Gasteiger partial charge in [0.2, 0.25) is 0 Å². The summed E-state index contributed by atoms with van der Waals surface area (Å²) >= 11 is 5.83. The topological polar surface area (TPSA) is 69.4 Å². The van der Waals surface area contributed by atoms with E-state index in [-0.39, 0.29) is 17.2 Å². The van der Waals surface area contributed by atoms with Crippen molar-refractivity contribution in [2.45, 2.75) is 19.8 Å². The summed E-state index contributed by atoms with van der Waals surface area (Å²) in [4.78, 5) is 20.7. The molecule has 0 spiro atoms. The third kappa shape index (κ3) is 4.40. The zero-order valence-corrected chi connectivity index (χ0v) is 10.1. The van der Waals surface area contributed by atoms with E-state index in [4.69, 9.17) is 16.3 Å². The quantitative estimate of drug-likeness (QED) is 0.446. The summed E-state index contributed by atoms with van der Waals surface area (Å²) in [6.45, 7) is 1.81. The van der Waals surface area contributed by atoms with Gasteiger partial charge in [0.15, 0.2) is 0 Å². The first-order valence-corrected chi connectivity index (χ1v) is 5.44. The highest BCUT2D eigenvalue weighted by atomic mass is 35.5.